The SMILES string of the molecule is CCC(NC(C)c1cc(Cl)ccc1Cl)c1ccc(Br)cc1. The Bertz CT molecular complexity index is 598. The number of benzene rings is 2. The minimum absolute atomic E-state index is 0.129. The highest BCUT2D eigenvalue weighted by Crippen LogP contribution is 2.29. The molecule has 0 aliphatic heterocycles. The molecule has 0 radical (unpaired) electrons. The molecule has 2 rings (SSSR count). The Morgan fingerprint density at radius 1 is 1.10 bits per heavy atom. The molecule has 0 saturated heterocycles. The summed E-state index contributed by atoms with van der Waals surface area (Å²) in [6.07, 6.45) is 1.00. The summed E-state index contributed by atoms with van der Waals surface area (Å²) in [7, 11) is 0. The predicted octanol–water partition coefficient (Wildman–Crippen LogP) is 6.56. The van der Waals surface area contributed by atoms with Crippen LogP contribution in [0.3, 0.4) is 0 Å². The van der Waals surface area contributed by atoms with Crippen molar-refractivity contribution in [3.8, 4) is 0 Å². The average molecular weight is 387 g/mol. The second-order valence-electron chi connectivity index (χ2n) is 5.07. The van der Waals surface area contributed by atoms with Gasteiger partial charge in [-0.3, -0.25) is 0 Å². The number of rotatable bonds is 5. The van der Waals surface area contributed by atoms with Crippen LogP contribution < -0.4 is 5.32 Å². The molecule has 2 atom stereocenters. The highest BCUT2D eigenvalue weighted by atomic mass is 79.9. The quantitative estimate of drug-likeness (QED) is 0.613. The summed E-state index contributed by atoms with van der Waals surface area (Å²) in [5.74, 6) is 0. The van der Waals surface area contributed by atoms with Gasteiger partial charge < -0.3 is 5.32 Å². The summed E-state index contributed by atoms with van der Waals surface area (Å²) >= 11 is 15.8. The first-order chi connectivity index (χ1) is 10.0. The van der Waals surface area contributed by atoms with Gasteiger partial charge >= 0.3 is 0 Å². The first-order valence-corrected chi connectivity index (χ1v) is 8.52. The third-order valence-electron chi connectivity index (χ3n) is 3.56. The molecule has 0 fully saturated rings. The Hall–Kier alpha value is -0.540. The molecular weight excluding hydrogens is 369 g/mol. The molecule has 0 aliphatic carbocycles. The first kappa shape index (κ1) is 16.8. The first-order valence-electron chi connectivity index (χ1n) is 6.97. The minimum Gasteiger partial charge on any atom is -0.303 e. The zero-order valence-electron chi connectivity index (χ0n) is 12.0. The fourth-order valence-corrected chi connectivity index (χ4v) is 3.11. The fraction of sp³-hybridized carbons (Fsp3) is 0.294. The van der Waals surface area contributed by atoms with Crippen molar-refractivity contribution in [3.63, 3.8) is 0 Å². The van der Waals surface area contributed by atoms with Crippen LogP contribution in [0.15, 0.2) is 46.9 Å². The van der Waals surface area contributed by atoms with Gasteiger partial charge in [0.05, 0.1) is 0 Å². The molecule has 0 aliphatic rings. The van der Waals surface area contributed by atoms with Crippen LogP contribution in [0.2, 0.25) is 10.0 Å². The molecule has 0 saturated carbocycles. The summed E-state index contributed by atoms with van der Waals surface area (Å²) in [4.78, 5) is 0. The molecule has 112 valence electrons. The van der Waals surface area contributed by atoms with E-state index in [1.54, 1.807) is 0 Å². The van der Waals surface area contributed by atoms with E-state index in [2.05, 4.69) is 59.4 Å². The lowest BCUT2D eigenvalue weighted by Gasteiger charge is -2.24. The van der Waals surface area contributed by atoms with E-state index in [0.717, 1.165) is 21.5 Å². The molecule has 0 bridgehead atoms. The van der Waals surface area contributed by atoms with Gasteiger partial charge in [0.25, 0.3) is 0 Å². The van der Waals surface area contributed by atoms with E-state index >= 15 is 0 Å². The molecule has 0 heterocycles. The molecule has 0 aromatic heterocycles. The second kappa shape index (κ2) is 7.64. The maximum atomic E-state index is 6.28. The molecule has 1 N–H and O–H groups in total. The van der Waals surface area contributed by atoms with Crippen LogP contribution in [-0.2, 0) is 0 Å². The van der Waals surface area contributed by atoms with E-state index in [-0.39, 0.29) is 12.1 Å². The largest absolute Gasteiger partial charge is 0.303 e. The third-order valence-corrected chi connectivity index (χ3v) is 4.66. The monoisotopic (exact) mass is 385 g/mol. The van der Waals surface area contributed by atoms with Gasteiger partial charge in [-0.25, -0.2) is 0 Å². The molecule has 4 heteroatoms. The molecule has 0 spiro atoms. The van der Waals surface area contributed by atoms with Crippen LogP contribution >= 0.6 is 39.1 Å². The Kier molecular flexibility index (Phi) is 6.12. The molecule has 1 nitrogen and oxygen atoms in total. The lowest BCUT2D eigenvalue weighted by molar-refractivity contribution is 0.456. The average Bonchev–Trinajstić information content (AvgIpc) is 2.48. The number of hydrogen-bond acceptors (Lipinski definition) is 1. The molecule has 2 aromatic carbocycles. The molecular formula is C17H18BrCl2N. The molecule has 21 heavy (non-hydrogen) atoms. The van der Waals surface area contributed by atoms with Crippen LogP contribution in [-0.4, -0.2) is 0 Å². The maximum absolute atomic E-state index is 6.28. The summed E-state index contributed by atoms with van der Waals surface area (Å²) in [5, 5.41) is 5.08. The van der Waals surface area contributed by atoms with Crippen molar-refractivity contribution in [2.45, 2.75) is 32.4 Å². The fourth-order valence-electron chi connectivity index (χ4n) is 2.38. The van der Waals surface area contributed by atoms with Crippen molar-refractivity contribution in [1.29, 1.82) is 0 Å². The van der Waals surface area contributed by atoms with Gasteiger partial charge in [-0.15, -0.1) is 0 Å². The van der Waals surface area contributed by atoms with E-state index in [1.165, 1.54) is 5.56 Å². The molecule has 0 amide bonds. The maximum Gasteiger partial charge on any atom is 0.0454 e. The van der Waals surface area contributed by atoms with Gasteiger partial charge in [-0.05, 0) is 54.8 Å². The third kappa shape index (κ3) is 4.46. The van der Waals surface area contributed by atoms with E-state index in [1.807, 2.05) is 18.2 Å². The van der Waals surface area contributed by atoms with Gasteiger partial charge in [0.2, 0.25) is 0 Å². The number of hydrogen-bond donors (Lipinski definition) is 1. The summed E-state index contributed by atoms with van der Waals surface area (Å²) in [5.41, 5.74) is 2.30. The zero-order valence-corrected chi connectivity index (χ0v) is 15.1. The van der Waals surface area contributed by atoms with Crippen LogP contribution in [0.5, 0.6) is 0 Å². The molecule has 2 aromatic rings. The van der Waals surface area contributed by atoms with Crippen molar-refractivity contribution in [2.24, 2.45) is 0 Å². The van der Waals surface area contributed by atoms with Crippen LogP contribution in [0.25, 0.3) is 0 Å². The minimum atomic E-state index is 0.129. The summed E-state index contributed by atoms with van der Waals surface area (Å²) in [6.45, 7) is 4.28. The Balaban J connectivity index is 2.17. The van der Waals surface area contributed by atoms with Crippen molar-refractivity contribution in [1.82, 2.24) is 5.32 Å². The predicted molar refractivity (Wildman–Crippen MR) is 95.2 cm³/mol. The van der Waals surface area contributed by atoms with Gasteiger partial charge in [-0.1, -0.05) is 58.2 Å². The second-order valence-corrected chi connectivity index (χ2v) is 6.83. The Morgan fingerprint density at radius 3 is 2.38 bits per heavy atom. The normalized spacial score (nSPS) is 14.0. The van der Waals surface area contributed by atoms with Gasteiger partial charge in [0.1, 0.15) is 0 Å². The highest BCUT2D eigenvalue weighted by molar-refractivity contribution is 9.10. The van der Waals surface area contributed by atoms with E-state index < -0.39 is 0 Å². The zero-order chi connectivity index (χ0) is 15.4. The van der Waals surface area contributed by atoms with E-state index in [9.17, 15) is 0 Å². The van der Waals surface area contributed by atoms with E-state index in [0.29, 0.717) is 5.02 Å². The smallest absolute Gasteiger partial charge is 0.0454 e. The van der Waals surface area contributed by atoms with E-state index in [4.69, 9.17) is 23.2 Å². The van der Waals surface area contributed by atoms with Crippen LogP contribution in [0.1, 0.15) is 43.5 Å². The van der Waals surface area contributed by atoms with Gasteiger partial charge in [0, 0.05) is 26.6 Å². The standard InChI is InChI=1S/C17H18BrCl2N/c1-3-17(12-4-6-13(18)7-5-12)21-11(2)15-10-14(19)8-9-16(15)20/h4-11,17,21H,3H2,1-2H3. The van der Waals surface area contributed by atoms with Crippen molar-refractivity contribution in [2.75, 3.05) is 0 Å². The van der Waals surface area contributed by atoms with Gasteiger partial charge in [-0.2, -0.15) is 0 Å². The molecule has 2 unspecified atom stereocenters. The van der Waals surface area contributed by atoms with Crippen molar-refractivity contribution in [3.05, 3.63) is 68.1 Å². The summed E-state index contributed by atoms with van der Waals surface area (Å²) < 4.78 is 1.09. The highest BCUT2D eigenvalue weighted by Gasteiger charge is 2.16. The topological polar surface area (TPSA) is 12.0 Å². The Morgan fingerprint density at radius 2 is 1.76 bits per heavy atom. The number of nitrogens with one attached hydrogen (secondary N) is 1. The summed E-state index contributed by atoms with van der Waals surface area (Å²) in [6, 6.07) is 14.4. The lowest BCUT2D eigenvalue weighted by atomic mass is 10.0. The number of halogens is 3. The van der Waals surface area contributed by atoms with Crippen molar-refractivity contribution < 1.29 is 0 Å². The van der Waals surface area contributed by atoms with Crippen molar-refractivity contribution >= 4 is 39.1 Å². The van der Waals surface area contributed by atoms with Crippen LogP contribution in [0.4, 0.5) is 0 Å². The van der Waals surface area contributed by atoms with Gasteiger partial charge in [0.15, 0.2) is 0 Å². The lowest BCUT2D eigenvalue weighted by Crippen LogP contribution is -2.24. The van der Waals surface area contributed by atoms with Crippen LogP contribution in [0, 0.1) is 0 Å². The Labute approximate surface area is 144 Å².